The zero-order valence-corrected chi connectivity index (χ0v) is 12.3. The number of hydrogen-bond acceptors (Lipinski definition) is 1. The average molecular weight is 245 g/mol. The number of nitrogens with one attached hydrogen (secondary N) is 1. The molecule has 1 heterocycles. The van der Waals surface area contributed by atoms with E-state index in [0.717, 1.165) is 12.0 Å². The van der Waals surface area contributed by atoms with Crippen molar-refractivity contribution in [2.24, 2.45) is 5.92 Å². The standard InChI is InChI=1S/C17H27N/c1-12-7-8-18-16(11-12)5-6-17-14(3)9-13(2)10-15(17)4/h9-10,12,16,18H,5-8,11H2,1-4H3. The molecule has 1 aliphatic heterocycles. The summed E-state index contributed by atoms with van der Waals surface area (Å²) in [7, 11) is 0. The lowest BCUT2D eigenvalue weighted by molar-refractivity contribution is 0.308. The predicted molar refractivity (Wildman–Crippen MR) is 79.2 cm³/mol. The van der Waals surface area contributed by atoms with Crippen LogP contribution in [0.25, 0.3) is 0 Å². The van der Waals surface area contributed by atoms with E-state index in [-0.39, 0.29) is 0 Å². The van der Waals surface area contributed by atoms with Crippen molar-refractivity contribution in [2.75, 3.05) is 6.54 Å². The van der Waals surface area contributed by atoms with Crippen molar-refractivity contribution in [1.82, 2.24) is 5.32 Å². The smallest absolute Gasteiger partial charge is 0.00727 e. The highest BCUT2D eigenvalue weighted by Gasteiger charge is 2.18. The molecular formula is C17H27N. The van der Waals surface area contributed by atoms with Crippen LogP contribution in [0.1, 0.15) is 48.4 Å². The van der Waals surface area contributed by atoms with E-state index in [2.05, 4.69) is 45.1 Å². The van der Waals surface area contributed by atoms with Crippen molar-refractivity contribution in [3.8, 4) is 0 Å². The highest BCUT2D eigenvalue weighted by molar-refractivity contribution is 5.37. The Bertz CT molecular complexity index is 385. The fourth-order valence-corrected chi connectivity index (χ4v) is 3.36. The van der Waals surface area contributed by atoms with E-state index >= 15 is 0 Å². The zero-order valence-electron chi connectivity index (χ0n) is 12.3. The van der Waals surface area contributed by atoms with Crippen molar-refractivity contribution in [3.63, 3.8) is 0 Å². The molecule has 0 bridgehead atoms. The van der Waals surface area contributed by atoms with E-state index in [1.807, 2.05) is 0 Å². The van der Waals surface area contributed by atoms with Crippen molar-refractivity contribution in [2.45, 2.75) is 59.4 Å². The third kappa shape index (κ3) is 3.35. The molecule has 1 N–H and O–H groups in total. The molecule has 2 unspecified atom stereocenters. The molecule has 1 fully saturated rings. The van der Waals surface area contributed by atoms with Crippen LogP contribution >= 0.6 is 0 Å². The summed E-state index contributed by atoms with van der Waals surface area (Å²) in [6, 6.07) is 5.37. The molecule has 1 aromatic rings. The maximum absolute atomic E-state index is 3.67. The number of hydrogen-bond donors (Lipinski definition) is 1. The van der Waals surface area contributed by atoms with Gasteiger partial charge in [0.1, 0.15) is 0 Å². The molecule has 0 aliphatic carbocycles. The lowest BCUT2D eigenvalue weighted by atomic mass is 9.89. The van der Waals surface area contributed by atoms with E-state index in [0.29, 0.717) is 0 Å². The fourth-order valence-electron chi connectivity index (χ4n) is 3.36. The molecular weight excluding hydrogens is 218 g/mol. The molecule has 0 radical (unpaired) electrons. The molecule has 0 spiro atoms. The maximum Gasteiger partial charge on any atom is 0.00727 e. The Morgan fingerprint density at radius 2 is 1.83 bits per heavy atom. The van der Waals surface area contributed by atoms with Crippen LogP contribution in [0.15, 0.2) is 12.1 Å². The van der Waals surface area contributed by atoms with Crippen LogP contribution in [0, 0.1) is 26.7 Å². The molecule has 1 aliphatic rings. The Balaban J connectivity index is 1.97. The van der Waals surface area contributed by atoms with Crippen molar-refractivity contribution in [3.05, 3.63) is 34.4 Å². The first kappa shape index (κ1) is 13.6. The van der Waals surface area contributed by atoms with E-state index in [1.165, 1.54) is 48.9 Å². The summed E-state index contributed by atoms with van der Waals surface area (Å²) in [5.74, 6) is 0.900. The van der Waals surface area contributed by atoms with E-state index in [9.17, 15) is 0 Å². The van der Waals surface area contributed by atoms with Crippen LogP contribution in [-0.4, -0.2) is 12.6 Å². The second-order valence-electron chi connectivity index (χ2n) is 6.20. The van der Waals surface area contributed by atoms with Gasteiger partial charge in [-0.05, 0) is 75.6 Å². The third-order valence-electron chi connectivity index (χ3n) is 4.34. The van der Waals surface area contributed by atoms with Gasteiger partial charge in [0.05, 0.1) is 0 Å². The Morgan fingerprint density at radius 3 is 2.44 bits per heavy atom. The van der Waals surface area contributed by atoms with Crippen LogP contribution in [0.3, 0.4) is 0 Å². The highest BCUT2D eigenvalue weighted by Crippen LogP contribution is 2.22. The number of rotatable bonds is 3. The maximum atomic E-state index is 3.67. The van der Waals surface area contributed by atoms with E-state index in [4.69, 9.17) is 0 Å². The zero-order chi connectivity index (χ0) is 13.1. The van der Waals surface area contributed by atoms with Gasteiger partial charge in [0.15, 0.2) is 0 Å². The lowest BCUT2D eigenvalue weighted by Gasteiger charge is -2.28. The molecule has 1 heteroatoms. The first-order valence-electron chi connectivity index (χ1n) is 7.36. The molecule has 0 aromatic heterocycles. The molecule has 2 rings (SSSR count). The van der Waals surface area contributed by atoms with Gasteiger partial charge in [-0.15, -0.1) is 0 Å². The van der Waals surface area contributed by atoms with E-state index in [1.54, 1.807) is 5.56 Å². The Hall–Kier alpha value is -0.820. The van der Waals surface area contributed by atoms with Crippen LogP contribution < -0.4 is 5.32 Å². The van der Waals surface area contributed by atoms with Gasteiger partial charge in [0.25, 0.3) is 0 Å². The topological polar surface area (TPSA) is 12.0 Å². The van der Waals surface area contributed by atoms with Crippen LogP contribution in [0.2, 0.25) is 0 Å². The summed E-state index contributed by atoms with van der Waals surface area (Å²) in [4.78, 5) is 0. The van der Waals surface area contributed by atoms with Gasteiger partial charge in [-0.25, -0.2) is 0 Å². The van der Waals surface area contributed by atoms with Crippen LogP contribution in [-0.2, 0) is 6.42 Å². The largest absolute Gasteiger partial charge is 0.314 e. The summed E-state index contributed by atoms with van der Waals surface area (Å²) in [6.07, 6.45) is 5.21. The van der Waals surface area contributed by atoms with Crippen molar-refractivity contribution < 1.29 is 0 Å². The summed E-state index contributed by atoms with van der Waals surface area (Å²) in [5, 5.41) is 3.67. The minimum Gasteiger partial charge on any atom is -0.314 e. The lowest BCUT2D eigenvalue weighted by Crippen LogP contribution is -2.37. The molecule has 18 heavy (non-hydrogen) atoms. The van der Waals surface area contributed by atoms with Gasteiger partial charge in [-0.1, -0.05) is 24.6 Å². The third-order valence-corrected chi connectivity index (χ3v) is 4.34. The molecule has 1 aromatic carbocycles. The monoisotopic (exact) mass is 245 g/mol. The molecule has 2 atom stereocenters. The van der Waals surface area contributed by atoms with Gasteiger partial charge < -0.3 is 5.32 Å². The Labute approximate surface area is 112 Å². The van der Waals surface area contributed by atoms with Gasteiger partial charge in [-0.2, -0.15) is 0 Å². The van der Waals surface area contributed by atoms with Crippen molar-refractivity contribution in [1.29, 1.82) is 0 Å². The number of piperidine rings is 1. The highest BCUT2D eigenvalue weighted by atomic mass is 14.9. The fraction of sp³-hybridized carbons (Fsp3) is 0.647. The SMILES string of the molecule is Cc1cc(C)c(CCC2CC(C)CCN2)c(C)c1. The minimum atomic E-state index is 0.730. The summed E-state index contributed by atoms with van der Waals surface area (Å²) in [5.41, 5.74) is 5.89. The summed E-state index contributed by atoms with van der Waals surface area (Å²) in [6.45, 7) is 10.3. The normalized spacial score (nSPS) is 24.2. The number of benzene rings is 1. The first-order valence-corrected chi connectivity index (χ1v) is 7.36. The van der Waals surface area contributed by atoms with Crippen LogP contribution in [0.4, 0.5) is 0 Å². The average Bonchev–Trinajstić information content (AvgIpc) is 2.27. The van der Waals surface area contributed by atoms with Crippen molar-refractivity contribution >= 4 is 0 Å². The Morgan fingerprint density at radius 1 is 1.17 bits per heavy atom. The summed E-state index contributed by atoms with van der Waals surface area (Å²) >= 11 is 0. The quantitative estimate of drug-likeness (QED) is 0.850. The molecule has 0 amide bonds. The Kier molecular flexibility index (Phi) is 4.45. The molecule has 100 valence electrons. The second kappa shape index (κ2) is 5.88. The minimum absolute atomic E-state index is 0.730. The van der Waals surface area contributed by atoms with Gasteiger partial charge in [0.2, 0.25) is 0 Å². The van der Waals surface area contributed by atoms with Crippen LogP contribution in [0.5, 0.6) is 0 Å². The van der Waals surface area contributed by atoms with E-state index < -0.39 is 0 Å². The van der Waals surface area contributed by atoms with Gasteiger partial charge in [0, 0.05) is 6.04 Å². The van der Waals surface area contributed by atoms with Gasteiger partial charge >= 0.3 is 0 Å². The predicted octanol–water partition coefficient (Wildman–Crippen LogP) is 3.93. The summed E-state index contributed by atoms with van der Waals surface area (Å²) < 4.78 is 0. The molecule has 1 saturated heterocycles. The number of aryl methyl sites for hydroxylation is 3. The molecule has 1 nitrogen and oxygen atoms in total. The second-order valence-corrected chi connectivity index (χ2v) is 6.20. The van der Waals surface area contributed by atoms with Gasteiger partial charge in [-0.3, -0.25) is 0 Å². The molecule has 0 saturated carbocycles. The first-order chi connectivity index (χ1) is 8.56.